The fourth-order valence-corrected chi connectivity index (χ4v) is 2.36. The van der Waals surface area contributed by atoms with Crippen LogP contribution in [-0.4, -0.2) is 20.1 Å². The van der Waals surface area contributed by atoms with Gasteiger partial charge in [-0.3, -0.25) is 4.79 Å². The van der Waals surface area contributed by atoms with Gasteiger partial charge in [-0.25, -0.2) is 0 Å². The molecule has 0 radical (unpaired) electrons. The maximum Gasteiger partial charge on any atom is 0.258 e. The molecule has 2 rings (SSSR count). The highest BCUT2D eigenvalue weighted by molar-refractivity contribution is 14.1. The lowest BCUT2D eigenvalue weighted by Crippen LogP contribution is -2.26. The van der Waals surface area contributed by atoms with Gasteiger partial charge in [-0.1, -0.05) is 23.7 Å². The van der Waals surface area contributed by atoms with E-state index in [2.05, 4.69) is 22.6 Å². The molecule has 0 unspecified atom stereocenters. The zero-order chi connectivity index (χ0) is 14.7. The standard InChI is InChI=1S/C15H13ClINO2/c1-18(13-5-3-4-6-14(13)20-2)15(19)10-7-8-12(17)11(16)9-10/h3-9H,1-2H3. The number of hydrogen-bond donors (Lipinski definition) is 0. The van der Waals surface area contributed by atoms with Gasteiger partial charge in [-0.05, 0) is 52.9 Å². The monoisotopic (exact) mass is 401 g/mol. The van der Waals surface area contributed by atoms with E-state index in [9.17, 15) is 4.79 Å². The number of halogens is 2. The van der Waals surface area contributed by atoms with Crippen LogP contribution in [0.15, 0.2) is 42.5 Å². The molecule has 2 aromatic rings. The molecule has 0 spiro atoms. The predicted octanol–water partition coefficient (Wildman–Crippen LogP) is 4.23. The average Bonchev–Trinajstić information content (AvgIpc) is 2.48. The lowest BCUT2D eigenvalue weighted by molar-refractivity contribution is 0.0992. The molecular formula is C15H13ClINO2. The Morgan fingerprint density at radius 3 is 2.60 bits per heavy atom. The Bertz CT molecular complexity index is 646. The Labute approximate surface area is 136 Å². The van der Waals surface area contributed by atoms with E-state index in [1.807, 2.05) is 30.3 Å². The number of methoxy groups -OCH3 is 1. The normalized spacial score (nSPS) is 10.2. The Hall–Kier alpha value is -1.27. The van der Waals surface area contributed by atoms with Crippen molar-refractivity contribution in [2.24, 2.45) is 0 Å². The molecule has 0 atom stereocenters. The van der Waals surface area contributed by atoms with Crippen LogP contribution < -0.4 is 9.64 Å². The summed E-state index contributed by atoms with van der Waals surface area (Å²) in [5.74, 6) is 0.521. The van der Waals surface area contributed by atoms with E-state index in [-0.39, 0.29) is 5.91 Å². The Morgan fingerprint density at radius 2 is 1.95 bits per heavy atom. The van der Waals surface area contributed by atoms with Crippen LogP contribution in [0.25, 0.3) is 0 Å². The number of anilines is 1. The topological polar surface area (TPSA) is 29.5 Å². The molecular weight excluding hydrogens is 389 g/mol. The van der Waals surface area contributed by atoms with Gasteiger partial charge in [0, 0.05) is 16.2 Å². The molecule has 1 amide bonds. The number of rotatable bonds is 3. The number of carbonyl (C=O) groups excluding carboxylic acids is 1. The van der Waals surface area contributed by atoms with Crippen molar-refractivity contribution >= 4 is 45.8 Å². The fourth-order valence-electron chi connectivity index (χ4n) is 1.84. The molecule has 3 nitrogen and oxygen atoms in total. The van der Waals surface area contributed by atoms with Crippen LogP contribution in [0.5, 0.6) is 5.75 Å². The van der Waals surface area contributed by atoms with Crippen molar-refractivity contribution < 1.29 is 9.53 Å². The molecule has 5 heteroatoms. The quantitative estimate of drug-likeness (QED) is 0.721. The Kier molecular flexibility index (Phi) is 4.88. The molecule has 20 heavy (non-hydrogen) atoms. The van der Waals surface area contributed by atoms with Crippen LogP contribution in [0.3, 0.4) is 0 Å². The van der Waals surface area contributed by atoms with Gasteiger partial charge in [-0.15, -0.1) is 0 Å². The summed E-state index contributed by atoms with van der Waals surface area (Å²) in [4.78, 5) is 14.0. The second-order valence-corrected chi connectivity index (χ2v) is 5.73. The Morgan fingerprint density at radius 1 is 1.25 bits per heavy atom. The number of nitrogens with zero attached hydrogens (tertiary/aromatic N) is 1. The highest BCUT2D eigenvalue weighted by atomic mass is 127. The lowest BCUT2D eigenvalue weighted by Gasteiger charge is -2.20. The summed E-state index contributed by atoms with van der Waals surface area (Å²) in [6.45, 7) is 0. The number of carbonyl (C=O) groups is 1. The number of amides is 1. The summed E-state index contributed by atoms with van der Waals surface area (Å²) in [5.41, 5.74) is 1.26. The van der Waals surface area contributed by atoms with Crippen molar-refractivity contribution in [3.05, 3.63) is 56.6 Å². The van der Waals surface area contributed by atoms with E-state index in [1.54, 1.807) is 31.2 Å². The number of para-hydroxylation sites is 2. The number of ether oxygens (including phenoxy) is 1. The third-order valence-electron chi connectivity index (χ3n) is 2.92. The van der Waals surface area contributed by atoms with E-state index < -0.39 is 0 Å². The van der Waals surface area contributed by atoms with Gasteiger partial charge in [0.15, 0.2) is 0 Å². The second-order valence-electron chi connectivity index (χ2n) is 4.16. The molecule has 104 valence electrons. The summed E-state index contributed by atoms with van der Waals surface area (Å²) in [6, 6.07) is 12.7. The smallest absolute Gasteiger partial charge is 0.258 e. The van der Waals surface area contributed by atoms with E-state index >= 15 is 0 Å². The summed E-state index contributed by atoms with van der Waals surface area (Å²) < 4.78 is 6.19. The van der Waals surface area contributed by atoms with Crippen LogP contribution in [0.4, 0.5) is 5.69 Å². The first-order valence-electron chi connectivity index (χ1n) is 5.90. The molecule has 0 fully saturated rings. The van der Waals surface area contributed by atoms with Gasteiger partial charge in [0.05, 0.1) is 17.8 Å². The zero-order valence-corrected chi connectivity index (χ0v) is 14.0. The van der Waals surface area contributed by atoms with Crippen molar-refractivity contribution in [1.82, 2.24) is 0 Å². The first-order valence-corrected chi connectivity index (χ1v) is 7.36. The van der Waals surface area contributed by atoms with E-state index in [4.69, 9.17) is 16.3 Å². The van der Waals surface area contributed by atoms with Gasteiger partial charge in [0.25, 0.3) is 5.91 Å². The molecule has 0 aliphatic heterocycles. The zero-order valence-electron chi connectivity index (χ0n) is 11.1. The molecule has 0 saturated heterocycles. The fraction of sp³-hybridized carbons (Fsp3) is 0.133. The molecule has 0 saturated carbocycles. The first kappa shape index (κ1) is 15.1. The van der Waals surface area contributed by atoms with E-state index in [0.717, 1.165) is 9.26 Å². The Balaban J connectivity index is 2.34. The van der Waals surface area contributed by atoms with Crippen molar-refractivity contribution in [1.29, 1.82) is 0 Å². The third-order valence-corrected chi connectivity index (χ3v) is 4.49. The molecule has 0 bridgehead atoms. The molecule has 0 aliphatic rings. The third kappa shape index (κ3) is 3.07. The number of hydrogen-bond acceptors (Lipinski definition) is 2. The maximum absolute atomic E-state index is 12.5. The summed E-state index contributed by atoms with van der Waals surface area (Å²) in [5, 5.41) is 0.574. The summed E-state index contributed by atoms with van der Waals surface area (Å²) >= 11 is 8.19. The lowest BCUT2D eigenvalue weighted by atomic mass is 10.2. The minimum Gasteiger partial charge on any atom is -0.495 e. The highest BCUT2D eigenvalue weighted by Crippen LogP contribution is 2.28. The van der Waals surface area contributed by atoms with Crippen LogP contribution in [-0.2, 0) is 0 Å². The van der Waals surface area contributed by atoms with E-state index in [1.165, 1.54) is 0 Å². The molecule has 0 N–H and O–H groups in total. The van der Waals surface area contributed by atoms with Crippen LogP contribution in [0, 0.1) is 3.57 Å². The summed E-state index contributed by atoms with van der Waals surface area (Å²) in [6.07, 6.45) is 0. The molecule has 0 aliphatic carbocycles. The van der Waals surface area contributed by atoms with Gasteiger partial charge >= 0.3 is 0 Å². The van der Waals surface area contributed by atoms with Crippen LogP contribution in [0.1, 0.15) is 10.4 Å². The predicted molar refractivity (Wildman–Crippen MR) is 89.9 cm³/mol. The maximum atomic E-state index is 12.5. The number of benzene rings is 2. The van der Waals surface area contributed by atoms with Gasteiger partial charge in [0.1, 0.15) is 5.75 Å². The van der Waals surface area contributed by atoms with Gasteiger partial charge in [0.2, 0.25) is 0 Å². The van der Waals surface area contributed by atoms with Crippen LogP contribution >= 0.6 is 34.2 Å². The van der Waals surface area contributed by atoms with Crippen molar-refractivity contribution in [2.45, 2.75) is 0 Å². The van der Waals surface area contributed by atoms with Gasteiger partial charge in [-0.2, -0.15) is 0 Å². The largest absolute Gasteiger partial charge is 0.495 e. The molecule has 0 aromatic heterocycles. The minimum absolute atomic E-state index is 0.132. The SMILES string of the molecule is COc1ccccc1N(C)C(=O)c1ccc(I)c(Cl)c1. The average molecular weight is 402 g/mol. The second kappa shape index (κ2) is 6.45. The van der Waals surface area contributed by atoms with Crippen molar-refractivity contribution in [2.75, 3.05) is 19.1 Å². The molecule has 2 aromatic carbocycles. The van der Waals surface area contributed by atoms with Crippen molar-refractivity contribution in [3.8, 4) is 5.75 Å². The highest BCUT2D eigenvalue weighted by Gasteiger charge is 2.17. The summed E-state index contributed by atoms with van der Waals surface area (Å²) in [7, 11) is 3.30. The minimum atomic E-state index is -0.132. The van der Waals surface area contributed by atoms with Gasteiger partial charge < -0.3 is 9.64 Å². The van der Waals surface area contributed by atoms with Crippen molar-refractivity contribution in [3.63, 3.8) is 0 Å². The van der Waals surface area contributed by atoms with Crippen LogP contribution in [0.2, 0.25) is 5.02 Å². The molecule has 0 heterocycles. The first-order chi connectivity index (χ1) is 9.54. The van der Waals surface area contributed by atoms with E-state index in [0.29, 0.717) is 16.3 Å².